The van der Waals surface area contributed by atoms with E-state index in [9.17, 15) is 0 Å². The van der Waals surface area contributed by atoms with E-state index in [1.54, 1.807) is 0 Å². The molecule has 0 saturated carbocycles. The maximum atomic E-state index is 5.52. The summed E-state index contributed by atoms with van der Waals surface area (Å²) in [7, 11) is 0. The summed E-state index contributed by atoms with van der Waals surface area (Å²) in [5.74, 6) is 1.55. The van der Waals surface area contributed by atoms with Crippen LogP contribution in [0.15, 0.2) is 0 Å². The molecule has 0 heterocycles. The van der Waals surface area contributed by atoms with Gasteiger partial charge in [0.25, 0.3) is 0 Å². The molecule has 0 aliphatic rings. The average molecular weight is 129 g/mol. The predicted molar refractivity (Wildman–Crippen MR) is 42.3 cm³/mol. The van der Waals surface area contributed by atoms with E-state index in [0.29, 0.717) is 5.92 Å². The third-order valence-electron chi connectivity index (χ3n) is 2.23. The largest absolute Gasteiger partial charge is 0.330 e. The van der Waals surface area contributed by atoms with Crippen molar-refractivity contribution in [1.82, 2.24) is 0 Å². The molecule has 0 rings (SSSR count). The second-order valence-electron chi connectivity index (χ2n) is 2.79. The van der Waals surface area contributed by atoms with Crippen molar-refractivity contribution >= 4 is 0 Å². The molecule has 0 radical (unpaired) electrons. The molecule has 56 valence electrons. The summed E-state index contributed by atoms with van der Waals surface area (Å²) >= 11 is 0. The van der Waals surface area contributed by atoms with Crippen LogP contribution in [0.4, 0.5) is 0 Å². The van der Waals surface area contributed by atoms with Crippen molar-refractivity contribution in [2.75, 3.05) is 6.54 Å². The van der Waals surface area contributed by atoms with Crippen LogP contribution in [0.5, 0.6) is 0 Å². The molecule has 0 aromatic rings. The van der Waals surface area contributed by atoms with Gasteiger partial charge in [0.15, 0.2) is 0 Å². The SMILES string of the molecule is CCC(CC)C(C)CN. The van der Waals surface area contributed by atoms with Gasteiger partial charge in [-0.3, -0.25) is 0 Å². The number of rotatable bonds is 4. The highest BCUT2D eigenvalue weighted by atomic mass is 14.5. The molecule has 0 aliphatic carbocycles. The van der Waals surface area contributed by atoms with Gasteiger partial charge in [0.05, 0.1) is 0 Å². The third kappa shape index (κ3) is 2.85. The van der Waals surface area contributed by atoms with Crippen LogP contribution in [0.2, 0.25) is 0 Å². The number of hydrogen-bond acceptors (Lipinski definition) is 1. The molecule has 9 heavy (non-hydrogen) atoms. The molecule has 0 saturated heterocycles. The lowest BCUT2D eigenvalue weighted by Gasteiger charge is -2.18. The maximum Gasteiger partial charge on any atom is -0.00489 e. The average Bonchev–Trinajstić information content (AvgIpc) is 1.90. The van der Waals surface area contributed by atoms with Gasteiger partial charge in [0.1, 0.15) is 0 Å². The molecule has 0 amide bonds. The summed E-state index contributed by atoms with van der Waals surface area (Å²) < 4.78 is 0. The third-order valence-corrected chi connectivity index (χ3v) is 2.23. The normalized spacial score (nSPS) is 14.3. The molecular weight excluding hydrogens is 110 g/mol. The Morgan fingerprint density at radius 2 is 1.67 bits per heavy atom. The Labute approximate surface area is 58.6 Å². The first kappa shape index (κ1) is 8.96. The molecular formula is C8H19N. The summed E-state index contributed by atoms with van der Waals surface area (Å²) in [4.78, 5) is 0. The second kappa shape index (κ2) is 4.80. The van der Waals surface area contributed by atoms with Gasteiger partial charge >= 0.3 is 0 Å². The van der Waals surface area contributed by atoms with E-state index in [1.807, 2.05) is 0 Å². The first-order chi connectivity index (χ1) is 4.26. The lowest BCUT2D eigenvalue weighted by atomic mass is 9.90. The molecule has 0 spiro atoms. The zero-order chi connectivity index (χ0) is 7.28. The maximum absolute atomic E-state index is 5.52. The summed E-state index contributed by atoms with van der Waals surface area (Å²) in [6, 6.07) is 0. The van der Waals surface area contributed by atoms with Gasteiger partial charge in [-0.2, -0.15) is 0 Å². The fourth-order valence-electron chi connectivity index (χ4n) is 1.29. The highest BCUT2D eigenvalue weighted by Gasteiger charge is 2.10. The predicted octanol–water partition coefficient (Wildman–Crippen LogP) is 2.02. The van der Waals surface area contributed by atoms with Crippen molar-refractivity contribution in [3.8, 4) is 0 Å². The van der Waals surface area contributed by atoms with E-state index in [1.165, 1.54) is 12.8 Å². The minimum Gasteiger partial charge on any atom is -0.330 e. The second-order valence-corrected chi connectivity index (χ2v) is 2.79. The van der Waals surface area contributed by atoms with Crippen molar-refractivity contribution in [2.24, 2.45) is 17.6 Å². The Bertz CT molecular complexity index is 57.6. The zero-order valence-corrected chi connectivity index (χ0v) is 6.85. The molecule has 0 aliphatic heterocycles. The minimum absolute atomic E-state index is 0.708. The Morgan fingerprint density at radius 3 is 1.78 bits per heavy atom. The molecule has 1 atom stereocenters. The quantitative estimate of drug-likeness (QED) is 0.617. The molecule has 2 N–H and O–H groups in total. The van der Waals surface area contributed by atoms with Gasteiger partial charge in [-0.05, 0) is 18.4 Å². The Morgan fingerprint density at radius 1 is 1.22 bits per heavy atom. The van der Waals surface area contributed by atoms with Crippen molar-refractivity contribution in [2.45, 2.75) is 33.6 Å². The fraction of sp³-hybridized carbons (Fsp3) is 1.00. The Kier molecular flexibility index (Phi) is 4.78. The summed E-state index contributed by atoms with van der Waals surface area (Å²) in [6.07, 6.45) is 2.55. The van der Waals surface area contributed by atoms with Crippen LogP contribution in [0, 0.1) is 11.8 Å². The fourth-order valence-corrected chi connectivity index (χ4v) is 1.29. The van der Waals surface area contributed by atoms with Gasteiger partial charge in [-0.15, -0.1) is 0 Å². The molecule has 0 fully saturated rings. The van der Waals surface area contributed by atoms with Crippen LogP contribution in [-0.2, 0) is 0 Å². The summed E-state index contributed by atoms with van der Waals surface area (Å²) in [6.45, 7) is 7.55. The molecule has 1 unspecified atom stereocenters. The topological polar surface area (TPSA) is 26.0 Å². The van der Waals surface area contributed by atoms with Crippen LogP contribution in [0.1, 0.15) is 33.6 Å². The van der Waals surface area contributed by atoms with Crippen LogP contribution >= 0.6 is 0 Å². The standard InChI is InChI=1S/C8H19N/c1-4-8(5-2)7(3)6-9/h7-8H,4-6,9H2,1-3H3. The summed E-state index contributed by atoms with van der Waals surface area (Å²) in [5, 5.41) is 0. The van der Waals surface area contributed by atoms with Crippen LogP contribution in [0.25, 0.3) is 0 Å². The highest BCUT2D eigenvalue weighted by molar-refractivity contribution is 4.63. The van der Waals surface area contributed by atoms with Gasteiger partial charge in [0, 0.05) is 0 Å². The van der Waals surface area contributed by atoms with E-state index in [-0.39, 0.29) is 0 Å². The van der Waals surface area contributed by atoms with Gasteiger partial charge in [-0.1, -0.05) is 33.6 Å². The molecule has 1 heteroatoms. The first-order valence-electron chi connectivity index (χ1n) is 3.96. The van der Waals surface area contributed by atoms with E-state index >= 15 is 0 Å². The smallest absolute Gasteiger partial charge is 0.00489 e. The van der Waals surface area contributed by atoms with Crippen molar-refractivity contribution in [1.29, 1.82) is 0 Å². The van der Waals surface area contributed by atoms with E-state index < -0.39 is 0 Å². The van der Waals surface area contributed by atoms with Crippen LogP contribution in [0.3, 0.4) is 0 Å². The highest BCUT2D eigenvalue weighted by Crippen LogP contribution is 2.17. The lowest BCUT2D eigenvalue weighted by molar-refractivity contribution is 0.344. The van der Waals surface area contributed by atoms with E-state index in [4.69, 9.17) is 5.73 Å². The first-order valence-corrected chi connectivity index (χ1v) is 3.96. The van der Waals surface area contributed by atoms with Gasteiger partial charge in [-0.25, -0.2) is 0 Å². The van der Waals surface area contributed by atoms with Crippen molar-refractivity contribution < 1.29 is 0 Å². The van der Waals surface area contributed by atoms with E-state index in [2.05, 4.69) is 20.8 Å². The lowest BCUT2D eigenvalue weighted by Crippen LogP contribution is -2.19. The number of hydrogen-bond donors (Lipinski definition) is 1. The zero-order valence-electron chi connectivity index (χ0n) is 6.85. The van der Waals surface area contributed by atoms with Crippen molar-refractivity contribution in [3.05, 3.63) is 0 Å². The molecule has 1 nitrogen and oxygen atoms in total. The Hall–Kier alpha value is -0.0400. The monoisotopic (exact) mass is 129 g/mol. The molecule has 0 aromatic heterocycles. The molecule has 0 aromatic carbocycles. The number of nitrogens with two attached hydrogens (primary N) is 1. The van der Waals surface area contributed by atoms with Gasteiger partial charge in [0.2, 0.25) is 0 Å². The van der Waals surface area contributed by atoms with Crippen molar-refractivity contribution in [3.63, 3.8) is 0 Å². The minimum atomic E-state index is 0.708. The van der Waals surface area contributed by atoms with E-state index in [0.717, 1.165) is 12.5 Å². The van der Waals surface area contributed by atoms with Crippen LogP contribution in [-0.4, -0.2) is 6.54 Å². The van der Waals surface area contributed by atoms with Crippen LogP contribution < -0.4 is 5.73 Å². The molecule has 0 bridgehead atoms. The van der Waals surface area contributed by atoms with Gasteiger partial charge < -0.3 is 5.73 Å². The Balaban J connectivity index is 3.50. The summed E-state index contributed by atoms with van der Waals surface area (Å²) in [5.41, 5.74) is 5.52.